The monoisotopic (exact) mass is 469 g/mol. The van der Waals surface area contributed by atoms with Crippen LogP contribution in [0, 0.1) is 18.2 Å². The molecule has 0 aliphatic heterocycles. The Bertz CT molecular complexity index is 1130. The van der Waals surface area contributed by atoms with E-state index in [1.807, 2.05) is 38.1 Å². The fraction of sp³-hybridized carbons (Fsp3) is 0.286. The van der Waals surface area contributed by atoms with Crippen molar-refractivity contribution in [2.45, 2.75) is 44.7 Å². The third-order valence-electron chi connectivity index (χ3n) is 5.79. The SMILES string of the molecule is C#CC(C)(CCCc1ccc(F)c(Nc2ccc(C(F)(F)F)cc2)c1)c1ccc(OCC)cc1. The molecule has 2 nitrogen and oxygen atoms in total. The lowest BCUT2D eigenvalue weighted by Crippen LogP contribution is -2.19. The zero-order valence-corrected chi connectivity index (χ0v) is 19.2. The van der Waals surface area contributed by atoms with Crippen LogP contribution in [-0.4, -0.2) is 6.61 Å². The molecule has 6 heteroatoms. The number of hydrogen-bond acceptors (Lipinski definition) is 2. The zero-order valence-electron chi connectivity index (χ0n) is 19.2. The quantitative estimate of drug-likeness (QED) is 0.254. The van der Waals surface area contributed by atoms with E-state index in [2.05, 4.69) is 11.2 Å². The molecule has 0 amide bonds. The molecule has 1 atom stereocenters. The minimum absolute atomic E-state index is 0.212. The van der Waals surface area contributed by atoms with E-state index in [4.69, 9.17) is 11.2 Å². The fourth-order valence-electron chi connectivity index (χ4n) is 3.75. The van der Waals surface area contributed by atoms with Gasteiger partial charge in [-0.1, -0.05) is 24.1 Å². The van der Waals surface area contributed by atoms with Crippen LogP contribution in [0.2, 0.25) is 0 Å². The summed E-state index contributed by atoms with van der Waals surface area (Å²) in [5.41, 5.74) is 1.31. The Morgan fingerprint density at radius 1 is 0.941 bits per heavy atom. The van der Waals surface area contributed by atoms with Crippen LogP contribution in [0.3, 0.4) is 0 Å². The highest BCUT2D eigenvalue weighted by atomic mass is 19.4. The van der Waals surface area contributed by atoms with Crippen LogP contribution in [-0.2, 0) is 18.0 Å². The first-order valence-electron chi connectivity index (χ1n) is 11.1. The van der Waals surface area contributed by atoms with Crippen molar-refractivity contribution in [3.05, 3.63) is 89.2 Å². The van der Waals surface area contributed by atoms with Gasteiger partial charge >= 0.3 is 6.18 Å². The normalized spacial score (nSPS) is 13.1. The lowest BCUT2D eigenvalue weighted by atomic mass is 9.78. The third kappa shape index (κ3) is 6.32. The molecule has 0 fully saturated rings. The van der Waals surface area contributed by atoms with Crippen molar-refractivity contribution in [2.75, 3.05) is 11.9 Å². The Morgan fingerprint density at radius 2 is 1.59 bits per heavy atom. The Hall–Kier alpha value is -3.46. The molecule has 0 aromatic heterocycles. The summed E-state index contributed by atoms with van der Waals surface area (Å²) in [5.74, 6) is 3.22. The van der Waals surface area contributed by atoms with Gasteiger partial charge < -0.3 is 10.1 Å². The van der Waals surface area contributed by atoms with Gasteiger partial charge in [0.15, 0.2) is 0 Å². The summed E-state index contributed by atoms with van der Waals surface area (Å²) < 4.78 is 58.1. The molecule has 0 heterocycles. The number of anilines is 2. The number of hydrogen-bond donors (Lipinski definition) is 1. The minimum atomic E-state index is -4.41. The molecule has 34 heavy (non-hydrogen) atoms. The maximum atomic E-state index is 14.3. The van der Waals surface area contributed by atoms with Crippen molar-refractivity contribution in [2.24, 2.45) is 0 Å². The van der Waals surface area contributed by atoms with E-state index in [9.17, 15) is 17.6 Å². The van der Waals surface area contributed by atoms with Crippen molar-refractivity contribution in [3.8, 4) is 18.1 Å². The van der Waals surface area contributed by atoms with E-state index in [1.165, 1.54) is 18.2 Å². The Balaban J connectivity index is 1.65. The molecular weight excluding hydrogens is 442 g/mol. The lowest BCUT2D eigenvalue weighted by molar-refractivity contribution is -0.137. The Labute approximate surface area is 198 Å². The Morgan fingerprint density at radius 3 is 2.18 bits per heavy atom. The molecule has 0 saturated carbocycles. The van der Waals surface area contributed by atoms with Gasteiger partial charge in [0, 0.05) is 5.69 Å². The maximum Gasteiger partial charge on any atom is 0.416 e. The molecule has 0 spiro atoms. The summed E-state index contributed by atoms with van der Waals surface area (Å²) in [4.78, 5) is 0. The molecule has 1 unspecified atom stereocenters. The van der Waals surface area contributed by atoms with Crippen LogP contribution in [0.1, 0.15) is 43.4 Å². The van der Waals surface area contributed by atoms with Gasteiger partial charge in [0.05, 0.1) is 23.3 Å². The molecule has 0 saturated heterocycles. The number of alkyl halides is 3. The fourth-order valence-corrected chi connectivity index (χ4v) is 3.75. The topological polar surface area (TPSA) is 21.3 Å². The molecule has 1 N–H and O–H groups in total. The predicted molar refractivity (Wildman–Crippen MR) is 128 cm³/mol. The predicted octanol–water partition coefficient (Wildman–Crippen LogP) is 7.90. The second kappa shape index (κ2) is 10.6. The van der Waals surface area contributed by atoms with Gasteiger partial charge in [-0.25, -0.2) is 4.39 Å². The number of benzene rings is 3. The molecule has 0 bridgehead atoms. The highest BCUT2D eigenvalue weighted by Gasteiger charge is 2.30. The lowest BCUT2D eigenvalue weighted by Gasteiger charge is -2.24. The number of nitrogens with one attached hydrogen (secondary N) is 1. The van der Waals surface area contributed by atoms with Crippen molar-refractivity contribution in [1.29, 1.82) is 0 Å². The van der Waals surface area contributed by atoms with Crippen LogP contribution in [0.5, 0.6) is 5.75 Å². The van der Waals surface area contributed by atoms with Gasteiger partial charge in [-0.3, -0.25) is 0 Å². The van der Waals surface area contributed by atoms with Crippen LogP contribution in [0.15, 0.2) is 66.7 Å². The standard InChI is InChI=1S/C28H27F4NO/c1-4-27(3,21-11-15-24(16-12-21)34-5-2)18-6-7-20-8-17-25(29)26(19-20)33-23-13-9-22(10-14-23)28(30,31)32/h1,8-17,19,33H,5-7,18H2,2-3H3. The van der Waals surface area contributed by atoms with Gasteiger partial charge in [-0.15, -0.1) is 6.42 Å². The number of terminal acetylenes is 1. The average Bonchev–Trinajstić information content (AvgIpc) is 2.81. The summed E-state index contributed by atoms with van der Waals surface area (Å²) in [7, 11) is 0. The van der Waals surface area contributed by atoms with E-state index in [0.29, 0.717) is 18.7 Å². The number of rotatable bonds is 9. The van der Waals surface area contributed by atoms with E-state index in [1.54, 1.807) is 12.1 Å². The molecule has 3 rings (SSSR count). The molecule has 0 radical (unpaired) electrons. The van der Waals surface area contributed by atoms with Crippen molar-refractivity contribution >= 4 is 11.4 Å². The van der Waals surface area contributed by atoms with Gasteiger partial charge in [-0.2, -0.15) is 13.2 Å². The minimum Gasteiger partial charge on any atom is -0.494 e. The van der Waals surface area contributed by atoms with E-state index in [0.717, 1.165) is 41.9 Å². The highest BCUT2D eigenvalue weighted by molar-refractivity contribution is 5.61. The number of aryl methyl sites for hydroxylation is 1. The van der Waals surface area contributed by atoms with E-state index in [-0.39, 0.29) is 5.69 Å². The second-order valence-electron chi connectivity index (χ2n) is 8.30. The number of ether oxygens (including phenoxy) is 1. The molecule has 3 aromatic carbocycles. The first-order chi connectivity index (χ1) is 16.1. The van der Waals surface area contributed by atoms with Gasteiger partial charge in [0.1, 0.15) is 11.6 Å². The first-order valence-corrected chi connectivity index (χ1v) is 11.1. The molecule has 178 valence electrons. The van der Waals surface area contributed by atoms with Crippen molar-refractivity contribution in [1.82, 2.24) is 0 Å². The summed E-state index contributed by atoms with van der Waals surface area (Å²) in [6.07, 6.45) is 3.64. The third-order valence-corrected chi connectivity index (χ3v) is 5.79. The second-order valence-corrected chi connectivity index (χ2v) is 8.30. The molecule has 0 aliphatic carbocycles. The highest BCUT2D eigenvalue weighted by Crippen LogP contribution is 2.32. The van der Waals surface area contributed by atoms with Crippen LogP contribution < -0.4 is 10.1 Å². The summed E-state index contributed by atoms with van der Waals surface area (Å²) >= 11 is 0. The maximum absolute atomic E-state index is 14.3. The zero-order chi connectivity index (χ0) is 24.8. The van der Waals surface area contributed by atoms with Gasteiger partial charge in [0.2, 0.25) is 0 Å². The molecule has 0 aliphatic rings. The van der Waals surface area contributed by atoms with Gasteiger partial charge in [-0.05, 0) is 92.8 Å². The number of halogens is 4. The average molecular weight is 470 g/mol. The van der Waals surface area contributed by atoms with Crippen molar-refractivity contribution in [3.63, 3.8) is 0 Å². The molecule has 3 aromatic rings. The Kier molecular flexibility index (Phi) is 7.88. The first kappa shape index (κ1) is 25.2. The summed E-state index contributed by atoms with van der Waals surface area (Å²) in [6, 6.07) is 17.0. The smallest absolute Gasteiger partial charge is 0.416 e. The molecular formula is C28H27F4NO. The van der Waals surface area contributed by atoms with Crippen LogP contribution in [0.4, 0.5) is 28.9 Å². The van der Waals surface area contributed by atoms with Gasteiger partial charge in [0.25, 0.3) is 0 Å². The van der Waals surface area contributed by atoms with E-state index < -0.39 is 23.0 Å². The van der Waals surface area contributed by atoms with Crippen molar-refractivity contribution < 1.29 is 22.3 Å². The summed E-state index contributed by atoms with van der Waals surface area (Å²) in [6.45, 7) is 4.55. The largest absolute Gasteiger partial charge is 0.494 e. The van der Waals surface area contributed by atoms with E-state index >= 15 is 0 Å². The van der Waals surface area contributed by atoms with Crippen LogP contribution >= 0.6 is 0 Å². The van der Waals surface area contributed by atoms with Crippen LogP contribution in [0.25, 0.3) is 0 Å². The summed E-state index contributed by atoms with van der Waals surface area (Å²) in [5, 5.41) is 2.86.